The molecule has 0 saturated carbocycles. The Morgan fingerprint density at radius 2 is 2.21 bits per heavy atom. The molecular formula is C13H14ClN3O2. The van der Waals surface area contributed by atoms with Crippen LogP contribution in [0.5, 0.6) is 11.5 Å². The predicted molar refractivity (Wildman–Crippen MR) is 73.0 cm³/mol. The van der Waals surface area contributed by atoms with Crippen LogP contribution in [0.2, 0.25) is 5.02 Å². The van der Waals surface area contributed by atoms with Crippen LogP contribution < -0.4 is 14.8 Å². The molecular weight excluding hydrogens is 266 g/mol. The van der Waals surface area contributed by atoms with E-state index in [-0.39, 0.29) is 0 Å². The molecule has 0 saturated heterocycles. The topological polar surface area (TPSA) is 48.3 Å². The summed E-state index contributed by atoms with van der Waals surface area (Å²) < 4.78 is 12.8. The van der Waals surface area contributed by atoms with Crippen molar-refractivity contribution >= 4 is 17.4 Å². The Morgan fingerprint density at radius 1 is 1.37 bits per heavy atom. The van der Waals surface area contributed by atoms with Gasteiger partial charge in [0.15, 0.2) is 11.5 Å². The van der Waals surface area contributed by atoms with E-state index >= 15 is 0 Å². The molecule has 0 amide bonds. The van der Waals surface area contributed by atoms with Gasteiger partial charge in [0.05, 0.1) is 5.02 Å². The fourth-order valence-corrected chi connectivity index (χ4v) is 2.26. The van der Waals surface area contributed by atoms with Crippen LogP contribution in [0.3, 0.4) is 0 Å². The lowest BCUT2D eigenvalue weighted by Gasteiger charge is -2.20. The van der Waals surface area contributed by atoms with E-state index in [1.165, 1.54) is 0 Å². The summed E-state index contributed by atoms with van der Waals surface area (Å²) in [7, 11) is 1.88. The van der Waals surface area contributed by atoms with Crippen LogP contribution in [0, 0.1) is 0 Å². The summed E-state index contributed by atoms with van der Waals surface area (Å²) in [5, 5.41) is 8.06. The molecule has 100 valence electrons. The molecule has 0 fully saturated rings. The molecule has 19 heavy (non-hydrogen) atoms. The summed E-state index contributed by atoms with van der Waals surface area (Å²) in [6, 6.07) is 5.74. The summed E-state index contributed by atoms with van der Waals surface area (Å²) in [5.74, 6) is 2.17. The van der Waals surface area contributed by atoms with E-state index in [2.05, 4.69) is 10.4 Å². The molecule has 5 nitrogen and oxygen atoms in total. The molecule has 0 bridgehead atoms. The van der Waals surface area contributed by atoms with Gasteiger partial charge in [0.1, 0.15) is 19.0 Å². The molecule has 1 N–H and O–H groups in total. The van der Waals surface area contributed by atoms with E-state index < -0.39 is 0 Å². The molecule has 0 radical (unpaired) electrons. The van der Waals surface area contributed by atoms with Gasteiger partial charge in [-0.2, -0.15) is 5.10 Å². The average Bonchev–Trinajstić information content (AvgIpc) is 2.82. The predicted octanol–water partition coefficient (Wildman–Crippen LogP) is 2.46. The van der Waals surface area contributed by atoms with Crippen molar-refractivity contribution in [3.63, 3.8) is 0 Å². The third-order valence-corrected chi connectivity index (χ3v) is 3.12. The molecule has 1 aliphatic heterocycles. The van der Waals surface area contributed by atoms with Crippen molar-refractivity contribution in [3.8, 4) is 11.5 Å². The van der Waals surface area contributed by atoms with Crippen LogP contribution in [0.15, 0.2) is 24.4 Å². The minimum absolute atomic E-state index is 0.540. The Labute approximate surface area is 116 Å². The first kappa shape index (κ1) is 12.2. The third kappa shape index (κ3) is 2.61. The zero-order valence-electron chi connectivity index (χ0n) is 10.5. The summed E-state index contributed by atoms with van der Waals surface area (Å²) in [6.07, 6.45) is 1.89. The second-order valence-corrected chi connectivity index (χ2v) is 4.74. The van der Waals surface area contributed by atoms with Gasteiger partial charge < -0.3 is 14.8 Å². The van der Waals surface area contributed by atoms with Gasteiger partial charge in [-0.05, 0) is 17.7 Å². The molecule has 1 aliphatic rings. The number of fused-ring (bicyclic) bond motifs is 1. The molecule has 0 unspecified atom stereocenters. The second kappa shape index (κ2) is 5.01. The van der Waals surface area contributed by atoms with Gasteiger partial charge in [0.25, 0.3) is 0 Å². The molecule has 3 rings (SSSR count). The van der Waals surface area contributed by atoms with Crippen molar-refractivity contribution in [2.45, 2.75) is 6.54 Å². The quantitative estimate of drug-likeness (QED) is 0.938. The van der Waals surface area contributed by atoms with Gasteiger partial charge in [-0.25, -0.2) is 0 Å². The number of ether oxygens (including phenoxy) is 2. The summed E-state index contributed by atoms with van der Waals surface area (Å²) in [5.41, 5.74) is 1.03. The molecule has 0 spiro atoms. The summed E-state index contributed by atoms with van der Waals surface area (Å²) in [6.45, 7) is 1.73. The Hall–Kier alpha value is -1.88. The monoisotopic (exact) mass is 279 g/mol. The van der Waals surface area contributed by atoms with Crippen LogP contribution >= 0.6 is 11.6 Å². The van der Waals surface area contributed by atoms with E-state index in [4.69, 9.17) is 21.1 Å². The van der Waals surface area contributed by atoms with E-state index in [9.17, 15) is 0 Å². The zero-order chi connectivity index (χ0) is 13.2. The summed E-state index contributed by atoms with van der Waals surface area (Å²) in [4.78, 5) is 0. The van der Waals surface area contributed by atoms with Crippen molar-refractivity contribution in [1.29, 1.82) is 0 Å². The maximum Gasteiger partial charge on any atom is 0.179 e. The Bertz CT molecular complexity index is 598. The zero-order valence-corrected chi connectivity index (χ0v) is 11.3. The number of rotatable bonds is 3. The molecule has 2 heterocycles. The van der Waals surface area contributed by atoms with Crippen LogP contribution in [0.1, 0.15) is 5.56 Å². The molecule has 1 aromatic carbocycles. The minimum Gasteiger partial charge on any atom is -0.486 e. The maximum atomic E-state index is 6.18. The fraction of sp³-hybridized carbons (Fsp3) is 0.308. The highest BCUT2D eigenvalue weighted by atomic mass is 35.5. The summed E-state index contributed by atoms with van der Waals surface area (Å²) >= 11 is 6.18. The van der Waals surface area contributed by atoms with Crippen molar-refractivity contribution in [2.24, 2.45) is 7.05 Å². The number of nitrogens with one attached hydrogen (secondary N) is 1. The number of aryl methyl sites for hydroxylation is 1. The van der Waals surface area contributed by atoms with Gasteiger partial charge in [0, 0.05) is 25.9 Å². The van der Waals surface area contributed by atoms with E-state index in [1.807, 2.05) is 31.4 Å². The lowest BCUT2D eigenvalue weighted by molar-refractivity contribution is 0.171. The number of hydrogen-bond donors (Lipinski definition) is 1. The normalized spacial score (nSPS) is 13.4. The molecule has 6 heteroatoms. The van der Waals surface area contributed by atoms with Crippen molar-refractivity contribution in [3.05, 3.63) is 35.0 Å². The minimum atomic E-state index is 0.540. The Kier molecular flexibility index (Phi) is 3.21. The SMILES string of the molecule is Cn1ccc(NCc2cc(Cl)c3c(c2)OCCO3)n1. The van der Waals surface area contributed by atoms with E-state index in [0.29, 0.717) is 36.3 Å². The van der Waals surface area contributed by atoms with Crippen molar-refractivity contribution in [1.82, 2.24) is 9.78 Å². The Morgan fingerprint density at radius 3 is 3.00 bits per heavy atom. The average molecular weight is 280 g/mol. The van der Waals surface area contributed by atoms with Gasteiger partial charge in [-0.3, -0.25) is 4.68 Å². The van der Waals surface area contributed by atoms with Crippen molar-refractivity contribution in [2.75, 3.05) is 18.5 Å². The van der Waals surface area contributed by atoms with Gasteiger partial charge in [-0.15, -0.1) is 0 Å². The van der Waals surface area contributed by atoms with Gasteiger partial charge in [0.2, 0.25) is 0 Å². The number of hydrogen-bond acceptors (Lipinski definition) is 4. The first-order valence-electron chi connectivity index (χ1n) is 6.04. The van der Waals surface area contributed by atoms with E-state index in [0.717, 1.165) is 11.4 Å². The number of halogens is 1. The smallest absolute Gasteiger partial charge is 0.179 e. The first-order valence-corrected chi connectivity index (χ1v) is 6.42. The number of aromatic nitrogens is 2. The van der Waals surface area contributed by atoms with Crippen LogP contribution in [-0.4, -0.2) is 23.0 Å². The first-order chi connectivity index (χ1) is 9.22. The van der Waals surface area contributed by atoms with Crippen LogP contribution in [0.4, 0.5) is 5.82 Å². The molecule has 0 aliphatic carbocycles. The largest absolute Gasteiger partial charge is 0.486 e. The van der Waals surface area contributed by atoms with Gasteiger partial charge in [-0.1, -0.05) is 11.6 Å². The molecule has 1 aromatic heterocycles. The number of benzene rings is 1. The third-order valence-electron chi connectivity index (χ3n) is 2.84. The van der Waals surface area contributed by atoms with Crippen LogP contribution in [0.25, 0.3) is 0 Å². The maximum absolute atomic E-state index is 6.18. The standard InChI is InChI=1S/C13H14ClN3O2/c1-17-3-2-12(16-17)15-8-9-6-10(14)13-11(7-9)18-4-5-19-13/h2-3,6-7H,4-5,8H2,1H3,(H,15,16). The Balaban J connectivity index is 1.76. The van der Waals surface area contributed by atoms with Gasteiger partial charge >= 0.3 is 0 Å². The second-order valence-electron chi connectivity index (χ2n) is 4.33. The number of anilines is 1. The van der Waals surface area contributed by atoms with Crippen LogP contribution in [-0.2, 0) is 13.6 Å². The molecule has 0 atom stereocenters. The number of nitrogens with zero attached hydrogens (tertiary/aromatic N) is 2. The highest BCUT2D eigenvalue weighted by Gasteiger charge is 2.16. The van der Waals surface area contributed by atoms with E-state index in [1.54, 1.807) is 4.68 Å². The highest BCUT2D eigenvalue weighted by molar-refractivity contribution is 6.32. The lowest BCUT2D eigenvalue weighted by Crippen LogP contribution is -2.16. The lowest BCUT2D eigenvalue weighted by atomic mass is 10.2. The highest BCUT2D eigenvalue weighted by Crippen LogP contribution is 2.38. The molecule has 2 aromatic rings. The van der Waals surface area contributed by atoms with Crippen molar-refractivity contribution < 1.29 is 9.47 Å². The fourth-order valence-electron chi connectivity index (χ4n) is 1.97.